The van der Waals surface area contributed by atoms with Crippen LogP contribution in [0, 0.1) is 11.3 Å². The van der Waals surface area contributed by atoms with E-state index in [4.69, 9.17) is 14.2 Å². The van der Waals surface area contributed by atoms with Crippen LogP contribution in [0.3, 0.4) is 0 Å². The summed E-state index contributed by atoms with van der Waals surface area (Å²) in [6, 6.07) is 9.76. The SMILES string of the molecule is COC(=O)[C@@]12CO[C@@H](C(C)(C)C)N1C(=O)C(C)=C2/C=C\[C@@H](C)[C@@H](O)COCc1ccccc1. The van der Waals surface area contributed by atoms with Crippen molar-refractivity contribution >= 4 is 11.9 Å². The number of amides is 1. The van der Waals surface area contributed by atoms with Crippen LogP contribution in [-0.2, 0) is 30.4 Å². The van der Waals surface area contributed by atoms with Gasteiger partial charge >= 0.3 is 5.97 Å². The number of aliphatic hydroxyl groups excluding tert-OH is 1. The Kier molecular flexibility index (Phi) is 7.46. The summed E-state index contributed by atoms with van der Waals surface area (Å²) in [4.78, 5) is 27.7. The zero-order valence-corrected chi connectivity index (χ0v) is 20.3. The molecule has 0 unspecified atom stereocenters. The Morgan fingerprint density at radius 2 is 2.00 bits per heavy atom. The van der Waals surface area contributed by atoms with Gasteiger partial charge in [0.1, 0.15) is 6.23 Å². The first-order valence-corrected chi connectivity index (χ1v) is 11.3. The normalized spacial score (nSPS) is 25.0. The number of ether oxygens (including phenoxy) is 3. The van der Waals surface area contributed by atoms with E-state index >= 15 is 0 Å². The number of benzene rings is 1. The van der Waals surface area contributed by atoms with Crippen LogP contribution in [0.5, 0.6) is 0 Å². The first kappa shape index (κ1) is 25.1. The van der Waals surface area contributed by atoms with E-state index in [2.05, 4.69) is 0 Å². The van der Waals surface area contributed by atoms with E-state index in [1.165, 1.54) is 12.0 Å². The number of esters is 1. The molecule has 1 amide bonds. The van der Waals surface area contributed by atoms with Crippen LogP contribution in [0.2, 0.25) is 0 Å². The smallest absolute Gasteiger partial charge is 0.339 e. The molecule has 1 N–H and O–H groups in total. The summed E-state index contributed by atoms with van der Waals surface area (Å²) in [6.07, 6.45) is 2.26. The number of aliphatic hydroxyl groups is 1. The van der Waals surface area contributed by atoms with E-state index < -0.39 is 23.8 Å². The third-order valence-corrected chi connectivity index (χ3v) is 6.32. The second-order valence-corrected chi connectivity index (χ2v) is 9.88. The number of carbonyl (C=O) groups excluding carboxylic acids is 2. The van der Waals surface area contributed by atoms with Crippen LogP contribution in [-0.4, -0.2) is 60.1 Å². The summed E-state index contributed by atoms with van der Waals surface area (Å²) in [5.41, 5.74) is 0.364. The highest BCUT2D eigenvalue weighted by Gasteiger charge is 2.64. The van der Waals surface area contributed by atoms with Gasteiger partial charge in [0.25, 0.3) is 5.91 Å². The fraction of sp³-hybridized carbons (Fsp3) is 0.538. The maximum atomic E-state index is 13.2. The Bertz CT molecular complexity index is 932. The van der Waals surface area contributed by atoms with Crippen LogP contribution in [0.4, 0.5) is 0 Å². The molecule has 7 nitrogen and oxygen atoms in total. The quantitative estimate of drug-likeness (QED) is 0.604. The van der Waals surface area contributed by atoms with Gasteiger partial charge in [0, 0.05) is 16.9 Å². The zero-order chi connectivity index (χ0) is 24.4. The van der Waals surface area contributed by atoms with Gasteiger partial charge in [0.05, 0.1) is 33.0 Å². The first-order valence-electron chi connectivity index (χ1n) is 11.3. The van der Waals surface area contributed by atoms with E-state index in [0.29, 0.717) is 17.8 Å². The standard InChI is InChI=1S/C26H35NO6/c1-17(21(28)15-32-14-19-10-8-7-9-11-19)12-13-20-18(2)22(29)27-23(25(3,4)5)33-16-26(20,27)24(30)31-6/h7-13,17,21,23,28H,14-16H2,1-6H3/b13-12-/t17-,21+,23+,26+/m1/s1. The summed E-state index contributed by atoms with van der Waals surface area (Å²) < 4.78 is 16.8. The highest BCUT2D eigenvalue weighted by molar-refractivity contribution is 6.06. The average Bonchev–Trinajstić information content (AvgIpc) is 3.28. The van der Waals surface area contributed by atoms with E-state index in [-0.39, 0.29) is 30.5 Å². The summed E-state index contributed by atoms with van der Waals surface area (Å²) in [5, 5.41) is 10.6. The monoisotopic (exact) mass is 457 g/mol. The highest BCUT2D eigenvalue weighted by Crippen LogP contribution is 2.47. The molecule has 4 atom stereocenters. The van der Waals surface area contributed by atoms with Gasteiger partial charge in [-0.05, 0) is 18.1 Å². The van der Waals surface area contributed by atoms with E-state index in [1.807, 2.05) is 58.0 Å². The van der Waals surface area contributed by atoms with Gasteiger partial charge in [0.2, 0.25) is 0 Å². The predicted molar refractivity (Wildman–Crippen MR) is 124 cm³/mol. The molecule has 1 aromatic rings. The molecule has 33 heavy (non-hydrogen) atoms. The maximum absolute atomic E-state index is 13.2. The molecule has 3 rings (SSSR count). The van der Waals surface area contributed by atoms with Gasteiger partial charge in [-0.2, -0.15) is 0 Å². The first-order chi connectivity index (χ1) is 15.5. The van der Waals surface area contributed by atoms with Crippen LogP contribution in [0.1, 0.15) is 40.2 Å². The predicted octanol–water partition coefficient (Wildman–Crippen LogP) is 3.23. The summed E-state index contributed by atoms with van der Waals surface area (Å²) in [5.74, 6) is -1.03. The van der Waals surface area contributed by atoms with Gasteiger partial charge in [0.15, 0.2) is 5.54 Å². The molecule has 1 fully saturated rings. The van der Waals surface area contributed by atoms with Crippen molar-refractivity contribution in [2.24, 2.45) is 11.3 Å². The molecule has 0 saturated carbocycles. The second kappa shape index (κ2) is 9.79. The molecule has 0 aliphatic carbocycles. The van der Waals surface area contributed by atoms with Crippen molar-refractivity contribution < 1.29 is 28.9 Å². The number of carbonyl (C=O) groups is 2. The Balaban J connectivity index is 1.76. The lowest BCUT2D eigenvalue weighted by atomic mass is 9.87. The number of hydrogen-bond donors (Lipinski definition) is 1. The molecule has 0 aromatic heterocycles. The van der Waals surface area contributed by atoms with Crippen molar-refractivity contribution in [2.75, 3.05) is 20.3 Å². The average molecular weight is 458 g/mol. The minimum absolute atomic E-state index is 0.0293. The molecule has 1 aromatic carbocycles. The Labute approximate surface area is 196 Å². The molecule has 180 valence electrons. The van der Waals surface area contributed by atoms with Gasteiger partial charge in [-0.1, -0.05) is 70.2 Å². The van der Waals surface area contributed by atoms with Gasteiger partial charge in [-0.25, -0.2) is 4.79 Å². The van der Waals surface area contributed by atoms with Crippen LogP contribution in [0.15, 0.2) is 53.6 Å². The molecular weight excluding hydrogens is 422 g/mol. The number of nitrogens with zero attached hydrogens (tertiary/aromatic N) is 1. The van der Waals surface area contributed by atoms with Crippen LogP contribution < -0.4 is 0 Å². The molecule has 7 heteroatoms. The highest BCUT2D eigenvalue weighted by atomic mass is 16.6. The fourth-order valence-electron chi connectivity index (χ4n) is 4.37. The summed E-state index contributed by atoms with van der Waals surface area (Å²) in [7, 11) is 1.32. The molecule has 0 bridgehead atoms. The lowest BCUT2D eigenvalue weighted by molar-refractivity contribution is -0.156. The van der Waals surface area contributed by atoms with Crippen molar-refractivity contribution in [3.8, 4) is 0 Å². The Hall–Kier alpha value is -2.48. The lowest BCUT2D eigenvalue weighted by Gasteiger charge is -2.37. The van der Waals surface area contributed by atoms with Crippen molar-refractivity contribution in [1.29, 1.82) is 0 Å². The van der Waals surface area contributed by atoms with Gasteiger partial charge < -0.3 is 19.3 Å². The zero-order valence-electron chi connectivity index (χ0n) is 20.3. The summed E-state index contributed by atoms with van der Waals surface area (Å²) >= 11 is 0. The number of methoxy groups -OCH3 is 1. The van der Waals surface area contributed by atoms with E-state index in [1.54, 1.807) is 19.1 Å². The largest absolute Gasteiger partial charge is 0.467 e. The van der Waals surface area contributed by atoms with Crippen molar-refractivity contribution in [2.45, 2.75) is 59.1 Å². The minimum atomic E-state index is -1.32. The van der Waals surface area contributed by atoms with Gasteiger partial charge in [-0.15, -0.1) is 0 Å². The third-order valence-electron chi connectivity index (χ3n) is 6.32. The molecular formula is C26H35NO6. The number of rotatable bonds is 8. The van der Waals surface area contributed by atoms with Crippen molar-refractivity contribution in [1.82, 2.24) is 4.90 Å². The Morgan fingerprint density at radius 3 is 2.61 bits per heavy atom. The minimum Gasteiger partial charge on any atom is -0.467 e. The van der Waals surface area contributed by atoms with E-state index in [0.717, 1.165) is 5.56 Å². The van der Waals surface area contributed by atoms with Crippen LogP contribution >= 0.6 is 0 Å². The van der Waals surface area contributed by atoms with Crippen LogP contribution in [0.25, 0.3) is 0 Å². The maximum Gasteiger partial charge on any atom is 0.339 e. The molecule has 2 aliphatic rings. The molecule has 0 radical (unpaired) electrons. The molecule has 0 spiro atoms. The van der Waals surface area contributed by atoms with Gasteiger partial charge in [-0.3, -0.25) is 9.69 Å². The molecule has 2 aliphatic heterocycles. The number of fused-ring (bicyclic) bond motifs is 1. The lowest BCUT2D eigenvalue weighted by Crippen LogP contribution is -2.56. The molecule has 1 saturated heterocycles. The molecule has 2 heterocycles. The second-order valence-electron chi connectivity index (χ2n) is 9.88. The Morgan fingerprint density at radius 1 is 1.33 bits per heavy atom. The van der Waals surface area contributed by atoms with Crippen molar-refractivity contribution in [3.05, 3.63) is 59.2 Å². The fourth-order valence-corrected chi connectivity index (χ4v) is 4.37. The summed E-state index contributed by atoms with van der Waals surface area (Å²) in [6.45, 7) is 10.1. The number of hydrogen-bond acceptors (Lipinski definition) is 6. The van der Waals surface area contributed by atoms with E-state index in [9.17, 15) is 14.7 Å². The third kappa shape index (κ3) is 4.76. The topological polar surface area (TPSA) is 85.3 Å². The van der Waals surface area contributed by atoms with Crippen molar-refractivity contribution in [3.63, 3.8) is 0 Å².